The van der Waals surface area contributed by atoms with Crippen LogP contribution in [0.2, 0.25) is 0 Å². The van der Waals surface area contributed by atoms with E-state index in [2.05, 4.69) is 15.3 Å². The molecule has 0 atom stereocenters. The predicted molar refractivity (Wildman–Crippen MR) is 87.7 cm³/mol. The highest BCUT2D eigenvalue weighted by atomic mass is 16.5. The van der Waals surface area contributed by atoms with Crippen LogP contribution >= 0.6 is 0 Å². The van der Waals surface area contributed by atoms with Crippen LogP contribution in [0.25, 0.3) is 0 Å². The molecule has 3 aromatic rings. The minimum Gasteiger partial charge on any atom is -0.439 e. The topological polar surface area (TPSA) is 47.0 Å². The van der Waals surface area contributed by atoms with E-state index >= 15 is 0 Å². The molecule has 2 heterocycles. The van der Waals surface area contributed by atoms with E-state index < -0.39 is 0 Å². The smallest absolute Gasteiger partial charge is 0.222 e. The van der Waals surface area contributed by atoms with Gasteiger partial charge in [-0.1, -0.05) is 6.07 Å². The molecular formula is C18H17N3O. The summed E-state index contributed by atoms with van der Waals surface area (Å²) in [6, 6.07) is 15.6. The fraction of sp³-hybridized carbons (Fsp3) is 0.111. The Morgan fingerprint density at radius 2 is 1.73 bits per heavy atom. The molecule has 0 aliphatic carbocycles. The first kappa shape index (κ1) is 14.1. The monoisotopic (exact) mass is 291 g/mol. The van der Waals surface area contributed by atoms with Crippen LogP contribution in [0.15, 0.2) is 60.9 Å². The highest BCUT2D eigenvalue weighted by Gasteiger charge is 2.02. The summed E-state index contributed by atoms with van der Waals surface area (Å²) in [5.74, 6) is 2.21. The number of nitrogens with one attached hydrogen (secondary N) is 1. The van der Waals surface area contributed by atoms with E-state index in [-0.39, 0.29) is 0 Å². The van der Waals surface area contributed by atoms with Crippen LogP contribution in [0, 0.1) is 13.8 Å². The minimum atomic E-state index is 0.628. The molecule has 0 fully saturated rings. The summed E-state index contributed by atoms with van der Waals surface area (Å²) < 4.78 is 5.78. The predicted octanol–water partition coefficient (Wildman–Crippen LogP) is 4.63. The number of nitrogens with zero attached hydrogens (tertiary/aromatic N) is 2. The van der Waals surface area contributed by atoms with E-state index in [1.807, 2.05) is 62.4 Å². The first-order valence-corrected chi connectivity index (χ1v) is 7.10. The number of rotatable bonds is 4. The molecule has 0 spiro atoms. The number of hydrogen-bond donors (Lipinski definition) is 1. The van der Waals surface area contributed by atoms with Crippen molar-refractivity contribution in [1.82, 2.24) is 9.97 Å². The maximum atomic E-state index is 5.78. The van der Waals surface area contributed by atoms with Gasteiger partial charge in [-0.05, 0) is 61.9 Å². The Bertz CT molecular complexity index is 769. The van der Waals surface area contributed by atoms with Crippen molar-refractivity contribution < 1.29 is 4.74 Å². The zero-order valence-corrected chi connectivity index (χ0v) is 12.6. The Labute approximate surface area is 129 Å². The van der Waals surface area contributed by atoms with Crippen LogP contribution in [-0.2, 0) is 0 Å². The van der Waals surface area contributed by atoms with Gasteiger partial charge in [0.25, 0.3) is 0 Å². The number of pyridine rings is 2. The molecule has 4 heteroatoms. The third-order valence-corrected chi connectivity index (χ3v) is 3.22. The second-order valence-corrected chi connectivity index (χ2v) is 5.10. The van der Waals surface area contributed by atoms with Gasteiger partial charge >= 0.3 is 0 Å². The normalized spacial score (nSPS) is 10.3. The molecule has 0 saturated carbocycles. The molecule has 1 aromatic carbocycles. The fourth-order valence-corrected chi connectivity index (χ4v) is 2.05. The molecule has 0 unspecified atom stereocenters. The van der Waals surface area contributed by atoms with Crippen molar-refractivity contribution in [1.29, 1.82) is 0 Å². The van der Waals surface area contributed by atoms with Gasteiger partial charge in [0.15, 0.2) is 0 Å². The summed E-state index contributed by atoms with van der Waals surface area (Å²) in [6.45, 7) is 4.01. The largest absolute Gasteiger partial charge is 0.439 e. The first-order chi connectivity index (χ1) is 10.7. The van der Waals surface area contributed by atoms with Crippen LogP contribution in [0.5, 0.6) is 11.6 Å². The van der Waals surface area contributed by atoms with Gasteiger partial charge in [-0.3, -0.25) is 0 Å². The van der Waals surface area contributed by atoms with Gasteiger partial charge in [0.05, 0.1) is 0 Å². The summed E-state index contributed by atoms with van der Waals surface area (Å²) in [6.07, 6.45) is 3.51. The van der Waals surface area contributed by atoms with Gasteiger partial charge in [0, 0.05) is 23.6 Å². The SMILES string of the molecule is Cc1ccnc(Nc2ccc(Oc3ncccc3C)cc2)c1. The molecule has 3 rings (SSSR count). The molecular weight excluding hydrogens is 274 g/mol. The lowest BCUT2D eigenvalue weighted by Gasteiger charge is -2.09. The van der Waals surface area contributed by atoms with E-state index in [4.69, 9.17) is 4.74 Å². The zero-order valence-electron chi connectivity index (χ0n) is 12.6. The number of aryl methyl sites for hydroxylation is 2. The van der Waals surface area contributed by atoms with Crippen molar-refractivity contribution in [3.8, 4) is 11.6 Å². The summed E-state index contributed by atoms with van der Waals surface area (Å²) in [4.78, 5) is 8.51. The molecule has 0 aliphatic rings. The molecule has 0 saturated heterocycles. The molecule has 1 N–H and O–H groups in total. The maximum absolute atomic E-state index is 5.78. The van der Waals surface area contributed by atoms with Gasteiger partial charge in [0.2, 0.25) is 5.88 Å². The van der Waals surface area contributed by atoms with E-state index in [9.17, 15) is 0 Å². The second kappa shape index (κ2) is 6.26. The molecule has 4 nitrogen and oxygen atoms in total. The quantitative estimate of drug-likeness (QED) is 0.761. The Morgan fingerprint density at radius 3 is 2.45 bits per heavy atom. The molecule has 2 aromatic heterocycles. The number of aromatic nitrogens is 2. The fourth-order valence-electron chi connectivity index (χ4n) is 2.05. The lowest BCUT2D eigenvalue weighted by atomic mass is 10.2. The summed E-state index contributed by atoms with van der Waals surface area (Å²) >= 11 is 0. The zero-order chi connectivity index (χ0) is 15.4. The van der Waals surface area contributed by atoms with Gasteiger partial charge in [-0.15, -0.1) is 0 Å². The lowest BCUT2D eigenvalue weighted by Crippen LogP contribution is -1.94. The number of anilines is 2. The molecule has 0 radical (unpaired) electrons. The summed E-state index contributed by atoms with van der Waals surface area (Å²) in [5, 5.41) is 3.26. The Morgan fingerprint density at radius 1 is 0.909 bits per heavy atom. The third kappa shape index (κ3) is 3.41. The highest BCUT2D eigenvalue weighted by molar-refractivity contribution is 5.57. The Hall–Kier alpha value is -2.88. The van der Waals surface area contributed by atoms with Crippen molar-refractivity contribution in [3.05, 3.63) is 72.1 Å². The maximum Gasteiger partial charge on any atom is 0.222 e. The summed E-state index contributed by atoms with van der Waals surface area (Å²) in [5.41, 5.74) is 3.14. The van der Waals surface area contributed by atoms with Gasteiger partial charge in [-0.25, -0.2) is 9.97 Å². The van der Waals surface area contributed by atoms with Crippen molar-refractivity contribution >= 4 is 11.5 Å². The highest BCUT2D eigenvalue weighted by Crippen LogP contribution is 2.24. The van der Waals surface area contributed by atoms with Crippen LogP contribution in [0.1, 0.15) is 11.1 Å². The third-order valence-electron chi connectivity index (χ3n) is 3.22. The van der Waals surface area contributed by atoms with E-state index in [0.29, 0.717) is 5.88 Å². The van der Waals surface area contributed by atoms with E-state index in [1.165, 1.54) is 5.56 Å². The molecule has 22 heavy (non-hydrogen) atoms. The van der Waals surface area contributed by atoms with Crippen molar-refractivity contribution in [2.45, 2.75) is 13.8 Å². The van der Waals surface area contributed by atoms with Crippen molar-refractivity contribution in [2.75, 3.05) is 5.32 Å². The standard InChI is InChI=1S/C18H17N3O/c1-13-9-11-19-17(12-13)21-15-5-7-16(8-6-15)22-18-14(2)4-3-10-20-18/h3-12H,1-2H3,(H,19,21). The summed E-state index contributed by atoms with van der Waals surface area (Å²) in [7, 11) is 0. The molecule has 110 valence electrons. The number of benzene rings is 1. The number of ether oxygens (including phenoxy) is 1. The van der Waals surface area contributed by atoms with Crippen LogP contribution in [0.3, 0.4) is 0 Å². The van der Waals surface area contributed by atoms with Crippen LogP contribution in [0.4, 0.5) is 11.5 Å². The molecule has 0 amide bonds. The molecule has 0 aliphatic heterocycles. The molecule has 0 bridgehead atoms. The minimum absolute atomic E-state index is 0.628. The van der Waals surface area contributed by atoms with Crippen LogP contribution < -0.4 is 10.1 Å². The van der Waals surface area contributed by atoms with Gasteiger partial charge < -0.3 is 10.1 Å². The van der Waals surface area contributed by atoms with E-state index in [0.717, 1.165) is 22.8 Å². The first-order valence-electron chi connectivity index (χ1n) is 7.10. The lowest BCUT2D eigenvalue weighted by molar-refractivity contribution is 0.459. The average molecular weight is 291 g/mol. The average Bonchev–Trinajstić information content (AvgIpc) is 2.52. The van der Waals surface area contributed by atoms with Crippen molar-refractivity contribution in [2.24, 2.45) is 0 Å². The van der Waals surface area contributed by atoms with Crippen molar-refractivity contribution in [3.63, 3.8) is 0 Å². The Balaban J connectivity index is 1.72. The van der Waals surface area contributed by atoms with E-state index in [1.54, 1.807) is 12.4 Å². The van der Waals surface area contributed by atoms with Gasteiger partial charge in [0.1, 0.15) is 11.6 Å². The second-order valence-electron chi connectivity index (χ2n) is 5.10. The number of hydrogen-bond acceptors (Lipinski definition) is 4. The Kier molecular flexibility index (Phi) is 4.01. The van der Waals surface area contributed by atoms with Gasteiger partial charge in [-0.2, -0.15) is 0 Å². The van der Waals surface area contributed by atoms with Crippen LogP contribution in [-0.4, -0.2) is 9.97 Å².